The van der Waals surface area contributed by atoms with Crippen LogP contribution in [0.5, 0.6) is 0 Å². The minimum atomic E-state index is -0.738. The van der Waals surface area contributed by atoms with Gasteiger partial charge < -0.3 is 11.1 Å². The van der Waals surface area contributed by atoms with Gasteiger partial charge in [-0.1, -0.05) is 47.5 Å². The molecule has 0 fully saturated rings. The Morgan fingerprint density at radius 2 is 2.00 bits per heavy atom. The van der Waals surface area contributed by atoms with Gasteiger partial charge in [0, 0.05) is 23.0 Å². The lowest BCUT2D eigenvalue weighted by molar-refractivity contribution is -0.117. The van der Waals surface area contributed by atoms with Gasteiger partial charge in [-0.25, -0.2) is 0 Å². The van der Waals surface area contributed by atoms with Gasteiger partial charge in [0.2, 0.25) is 5.91 Å². The van der Waals surface area contributed by atoms with Crippen molar-refractivity contribution >= 4 is 23.2 Å². The van der Waals surface area contributed by atoms with Crippen LogP contribution in [0.4, 0.5) is 5.69 Å². The predicted molar refractivity (Wildman–Crippen MR) is 95.8 cm³/mol. The maximum absolute atomic E-state index is 12.3. The molecule has 1 atom stereocenters. The Labute approximate surface area is 144 Å². The molecule has 5 nitrogen and oxygen atoms in total. The van der Waals surface area contributed by atoms with Crippen LogP contribution in [0.1, 0.15) is 17.2 Å². The summed E-state index contributed by atoms with van der Waals surface area (Å²) in [5, 5.41) is 9.97. The maximum atomic E-state index is 12.3. The summed E-state index contributed by atoms with van der Waals surface area (Å²) in [4.78, 5) is 12.3. The number of carbonyl (C=O) groups excluding carboxylic acids is 1. The van der Waals surface area contributed by atoms with Gasteiger partial charge in [0.25, 0.3) is 0 Å². The highest BCUT2D eigenvalue weighted by molar-refractivity contribution is 6.33. The van der Waals surface area contributed by atoms with E-state index >= 15 is 0 Å². The van der Waals surface area contributed by atoms with E-state index in [4.69, 9.17) is 17.3 Å². The summed E-state index contributed by atoms with van der Waals surface area (Å²) in [5.74, 6) is -0.286. The number of anilines is 1. The van der Waals surface area contributed by atoms with Gasteiger partial charge >= 0.3 is 0 Å². The van der Waals surface area contributed by atoms with Gasteiger partial charge in [0.1, 0.15) is 6.04 Å². The molecule has 0 aliphatic rings. The van der Waals surface area contributed by atoms with Crippen LogP contribution >= 0.6 is 11.6 Å². The fraction of sp³-hybridized carbons (Fsp3) is 0.111. The molecule has 4 N–H and O–H groups in total. The van der Waals surface area contributed by atoms with Crippen molar-refractivity contribution in [3.05, 3.63) is 71.0 Å². The molecule has 1 heterocycles. The number of nitrogens with zero attached hydrogens (tertiary/aromatic N) is 1. The third-order valence-corrected chi connectivity index (χ3v) is 4.08. The van der Waals surface area contributed by atoms with E-state index in [2.05, 4.69) is 15.5 Å². The van der Waals surface area contributed by atoms with Crippen molar-refractivity contribution < 1.29 is 4.79 Å². The second kappa shape index (κ2) is 6.86. The Hall–Kier alpha value is -2.63. The second-order valence-corrected chi connectivity index (χ2v) is 5.97. The summed E-state index contributed by atoms with van der Waals surface area (Å²) in [6.45, 7) is 1.99. The first-order chi connectivity index (χ1) is 11.5. The molecule has 2 aromatic carbocycles. The number of rotatable bonds is 4. The first-order valence-electron chi connectivity index (χ1n) is 7.46. The summed E-state index contributed by atoms with van der Waals surface area (Å²) in [6.07, 6.45) is 3.44. The number of hydrogen-bond acceptors (Lipinski definition) is 3. The molecule has 0 aliphatic heterocycles. The SMILES string of the molecule is Cc1ccc(C(N)C(=O)Nc2ccc(-c3cn[nH]c3)c(Cl)c2)cc1. The van der Waals surface area contributed by atoms with E-state index in [0.29, 0.717) is 10.7 Å². The Bertz CT molecular complexity index is 844. The van der Waals surface area contributed by atoms with Crippen LogP contribution in [0.3, 0.4) is 0 Å². The second-order valence-electron chi connectivity index (χ2n) is 5.56. The van der Waals surface area contributed by atoms with E-state index in [-0.39, 0.29) is 5.91 Å². The van der Waals surface area contributed by atoms with E-state index in [1.807, 2.05) is 37.3 Å². The van der Waals surface area contributed by atoms with Crippen LogP contribution in [0.25, 0.3) is 11.1 Å². The number of hydrogen-bond donors (Lipinski definition) is 3. The highest BCUT2D eigenvalue weighted by Crippen LogP contribution is 2.30. The molecule has 1 amide bonds. The zero-order valence-electron chi connectivity index (χ0n) is 13.1. The lowest BCUT2D eigenvalue weighted by atomic mass is 10.0. The first kappa shape index (κ1) is 16.2. The quantitative estimate of drug-likeness (QED) is 0.677. The molecular weight excluding hydrogens is 324 g/mol. The van der Waals surface area contributed by atoms with E-state index in [1.165, 1.54) is 0 Å². The first-order valence-corrected chi connectivity index (χ1v) is 7.84. The molecule has 3 aromatic rings. The van der Waals surface area contributed by atoms with Crippen molar-refractivity contribution in [2.75, 3.05) is 5.32 Å². The minimum absolute atomic E-state index is 0.286. The van der Waals surface area contributed by atoms with Crippen LogP contribution in [0.2, 0.25) is 5.02 Å². The average molecular weight is 341 g/mol. The fourth-order valence-electron chi connectivity index (χ4n) is 2.37. The largest absolute Gasteiger partial charge is 0.324 e. The van der Waals surface area contributed by atoms with E-state index in [9.17, 15) is 4.79 Å². The average Bonchev–Trinajstić information content (AvgIpc) is 3.09. The molecule has 122 valence electrons. The summed E-state index contributed by atoms with van der Waals surface area (Å²) in [7, 11) is 0. The Kier molecular flexibility index (Phi) is 4.64. The topological polar surface area (TPSA) is 83.8 Å². The molecule has 0 saturated carbocycles. The number of H-pyrrole nitrogens is 1. The fourth-order valence-corrected chi connectivity index (χ4v) is 2.66. The number of benzene rings is 2. The van der Waals surface area contributed by atoms with Crippen LogP contribution in [-0.2, 0) is 4.79 Å². The van der Waals surface area contributed by atoms with Gasteiger partial charge in [-0.15, -0.1) is 0 Å². The number of aryl methyl sites for hydroxylation is 1. The van der Waals surface area contributed by atoms with Crippen molar-refractivity contribution in [2.24, 2.45) is 5.73 Å². The Morgan fingerprint density at radius 1 is 1.25 bits per heavy atom. The summed E-state index contributed by atoms with van der Waals surface area (Å²) in [6, 6.07) is 12.1. The third kappa shape index (κ3) is 3.48. The number of aromatic nitrogens is 2. The molecule has 3 rings (SSSR count). The van der Waals surface area contributed by atoms with Crippen molar-refractivity contribution in [1.82, 2.24) is 10.2 Å². The van der Waals surface area contributed by atoms with Crippen molar-refractivity contribution in [2.45, 2.75) is 13.0 Å². The third-order valence-electron chi connectivity index (χ3n) is 3.76. The number of halogens is 1. The molecule has 0 saturated heterocycles. The van der Waals surface area contributed by atoms with Crippen LogP contribution in [-0.4, -0.2) is 16.1 Å². The molecule has 1 unspecified atom stereocenters. The van der Waals surface area contributed by atoms with Crippen LogP contribution < -0.4 is 11.1 Å². The molecule has 0 radical (unpaired) electrons. The predicted octanol–water partition coefficient (Wildman–Crippen LogP) is 3.68. The normalized spacial score (nSPS) is 12.0. The summed E-state index contributed by atoms with van der Waals surface area (Å²) >= 11 is 6.29. The van der Waals surface area contributed by atoms with Crippen molar-refractivity contribution in [3.8, 4) is 11.1 Å². The van der Waals surface area contributed by atoms with E-state index < -0.39 is 6.04 Å². The highest BCUT2D eigenvalue weighted by Gasteiger charge is 2.16. The molecule has 0 bridgehead atoms. The van der Waals surface area contributed by atoms with Crippen LogP contribution in [0.15, 0.2) is 54.9 Å². The van der Waals surface area contributed by atoms with Gasteiger partial charge in [-0.3, -0.25) is 9.89 Å². The van der Waals surface area contributed by atoms with E-state index in [1.54, 1.807) is 24.5 Å². The molecule has 0 aliphatic carbocycles. The number of carbonyl (C=O) groups is 1. The Morgan fingerprint density at radius 3 is 2.62 bits per heavy atom. The highest BCUT2D eigenvalue weighted by atomic mass is 35.5. The number of aromatic amines is 1. The number of amides is 1. The molecule has 24 heavy (non-hydrogen) atoms. The van der Waals surface area contributed by atoms with Crippen molar-refractivity contribution in [3.63, 3.8) is 0 Å². The van der Waals surface area contributed by atoms with E-state index in [0.717, 1.165) is 22.3 Å². The zero-order valence-corrected chi connectivity index (χ0v) is 13.8. The molecule has 6 heteroatoms. The van der Waals surface area contributed by atoms with Gasteiger partial charge in [-0.2, -0.15) is 5.10 Å². The smallest absolute Gasteiger partial charge is 0.245 e. The summed E-state index contributed by atoms with van der Waals surface area (Å²) < 4.78 is 0. The monoisotopic (exact) mass is 340 g/mol. The Balaban J connectivity index is 1.74. The number of nitrogens with two attached hydrogens (primary N) is 1. The van der Waals surface area contributed by atoms with Crippen LogP contribution in [0, 0.1) is 6.92 Å². The number of nitrogens with one attached hydrogen (secondary N) is 2. The van der Waals surface area contributed by atoms with Gasteiger partial charge in [0.15, 0.2) is 0 Å². The molecule has 1 aromatic heterocycles. The zero-order chi connectivity index (χ0) is 17.1. The minimum Gasteiger partial charge on any atom is -0.324 e. The van der Waals surface area contributed by atoms with Crippen molar-refractivity contribution in [1.29, 1.82) is 0 Å². The lowest BCUT2D eigenvalue weighted by Crippen LogP contribution is -2.27. The molecular formula is C18H17ClN4O. The maximum Gasteiger partial charge on any atom is 0.245 e. The standard InChI is InChI=1S/C18H17ClN4O/c1-11-2-4-12(5-3-11)17(20)18(24)23-14-6-7-15(16(19)8-14)13-9-21-22-10-13/h2-10,17H,20H2,1H3,(H,21,22)(H,23,24). The molecule has 0 spiro atoms. The van der Waals surface area contributed by atoms with Gasteiger partial charge in [-0.05, 0) is 24.6 Å². The van der Waals surface area contributed by atoms with Gasteiger partial charge in [0.05, 0.1) is 11.2 Å². The lowest BCUT2D eigenvalue weighted by Gasteiger charge is -2.13. The summed E-state index contributed by atoms with van der Waals surface area (Å²) in [5.41, 5.74) is 10.2.